The third-order valence-corrected chi connectivity index (χ3v) is 3.82. The zero-order chi connectivity index (χ0) is 14.1. The Morgan fingerprint density at radius 3 is 3.00 bits per heavy atom. The molecule has 0 bridgehead atoms. The quantitative estimate of drug-likeness (QED) is 0.845. The molecule has 2 N–H and O–H groups in total. The Kier molecular flexibility index (Phi) is 3.44. The first-order valence-electron chi connectivity index (χ1n) is 7.15. The molecule has 0 unspecified atom stereocenters. The van der Waals surface area contributed by atoms with Crippen molar-refractivity contribution < 1.29 is 9.90 Å². The zero-order valence-corrected chi connectivity index (χ0v) is 11.6. The molecule has 1 fully saturated rings. The van der Waals surface area contributed by atoms with Crippen LogP contribution < -0.4 is 5.32 Å². The lowest BCUT2D eigenvalue weighted by Crippen LogP contribution is -2.23. The van der Waals surface area contributed by atoms with Crippen molar-refractivity contribution in [2.45, 2.75) is 38.8 Å². The van der Waals surface area contributed by atoms with Gasteiger partial charge in [-0.1, -0.05) is 6.92 Å². The number of rotatable bonds is 6. The Bertz CT molecular complexity index is 644. The van der Waals surface area contributed by atoms with Crippen LogP contribution in [0.5, 0.6) is 0 Å². The molecular formula is C15H19N3O2. The van der Waals surface area contributed by atoms with Crippen LogP contribution in [0, 0.1) is 0 Å². The summed E-state index contributed by atoms with van der Waals surface area (Å²) < 4.78 is 1.89. The minimum absolute atomic E-state index is 0.388. The molecule has 1 saturated carbocycles. The van der Waals surface area contributed by atoms with Gasteiger partial charge in [0.2, 0.25) is 0 Å². The van der Waals surface area contributed by atoms with Crippen LogP contribution in [-0.4, -0.2) is 33.2 Å². The molecule has 0 radical (unpaired) electrons. The van der Waals surface area contributed by atoms with Crippen molar-refractivity contribution in [2.24, 2.45) is 0 Å². The van der Waals surface area contributed by atoms with Crippen molar-refractivity contribution in [3.63, 3.8) is 0 Å². The van der Waals surface area contributed by atoms with Gasteiger partial charge in [-0.3, -0.25) is 4.98 Å². The average molecular weight is 273 g/mol. The number of carboxylic acid groups (broad SMARTS) is 1. The number of aromatic nitrogens is 2. The predicted molar refractivity (Wildman–Crippen MR) is 77.1 cm³/mol. The maximum atomic E-state index is 11.6. The van der Waals surface area contributed by atoms with Crippen molar-refractivity contribution in [2.75, 3.05) is 6.54 Å². The second-order valence-corrected chi connectivity index (χ2v) is 5.24. The Hall–Kier alpha value is -1.88. The fraction of sp³-hybridized carbons (Fsp3) is 0.467. The van der Waals surface area contributed by atoms with Gasteiger partial charge in [0.05, 0.1) is 11.0 Å². The fourth-order valence-electron chi connectivity index (χ4n) is 2.72. The summed E-state index contributed by atoms with van der Waals surface area (Å²) in [6.45, 7) is 3.44. The van der Waals surface area contributed by atoms with Crippen LogP contribution in [0.3, 0.4) is 0 Å². The number of nitrogens with zero attached hydrogens (tertiary/aromatic N) is 2. The molecule has 0 atom stereocenters. The molecule has 2 aromatic rings. The summed E-state index contributed by atoms with van der Waals surface area (Å²) in [6.07, 6.45) is 4.87. The molecule has 3 rings (SSSR count). The second kappa shape index (κ2) is 5.25. The van der Waals surface area contributed by atoms with Gasteiger partial charge in [-0.15, -0.1) is 0 Å². The van der Waals surface area contributed by atoms with Crippen molar-refractivity contribution in [1.82, 2.24) is 14.9 Å². The van der Waals surface area contributed by atoms with Crippen LogP contribution in [0.15, 0.2) is 18.3 Å². The van der Waals surface area contributed by atoms with Gasteiger partial charge in [0.1, 0.15) is 5.69 Å². The molecule has 0 amide bonds. The van der Waals surface area contributed by atoms with Gasteiger partial charge in [-0.05, 0) is 31.4 Å². The van der Waals surface area contributed by atoms with Gasteiger partial charge in [-0.2, -0.15) is 0 Å². The van der Waals surface area contributed by atoms with E-state index in [1.807, 2.05) is 23.6 Å². The predicted octanol–water partition coefficient (Wildman–Crippen LogP) is 2.05. The molecule has 106 valence electrons. The van der Waals surface area contributed by atoms with E-state index in [0.717, 1.165) is 23.1 Å². The number of nitrogens with one attached hydrogen (secondary N) is 1. The third-order valence-electron chi connectivity index (χ3n) is 3.82. The molecule has 2 heterocycles. The molecule has 0 aromatic carbocycles. The minimum Gasteiger partial charge on any atom is -0.477 e. The van der Waals surface area contributed by atoms with Crippen LogP contribution in [0.25, 0.3) is 11.0 Å². The first kappa shape index (κ1) is 13.1. The van der Waals surface area contributed by atoms with Gasteiger partial charge in [0, 0.05) is 30.9 Å². The summed E-state index contributed by atoms with van der Waals surface area (Å²) in [7, 11) is 0. The van der Waals surface area contributed by atoms with E-state index in [-0.39, 0.29) is 0 Å². The zero-order valence-electron chi connectivity index (χ0n) is 11.6. The first-order valence-corrected chi connectivity index (χ1v) is 7.15. The van der Waals surface area contributed by atoms with E-state index >= 15 is 0 Å². The molecule has 2 aromatic heterocycles. The Balaban J connectivity index is 2.01. The summed E-state index contributed by atoms with van der Waals surface area (Å²) in [4.78, 5) is 16.0. The lowest BCUT2D eigenvalue weighted by Gasteiger charge is -2.09. The lowest BCUT2D eigenvalue weighted by molar-refractivity contribution is 0.0684. The number of aryl methyl sites for hydroxylation is 1. The van der Waals surface area contributed by atoms with Crippen molar-refractivity contribution in [3.8, 4) is 0 Å². The number of hydrogen-bond donors (Lipinski definition) is 2. The third kappa shape index (κ3) is 2.29. The molecule has 0 aliphatic heterocycles. The first-order chi connectivity index (χ1) is 9.72. The monoisotopic (exact) mass is 273 g/mol. The normalized spacial score (nSPS) is 14.8. The summed E-state index contributed by atoms with van der Waals surface area (Å²) in [5.41, 5.74) is 2.96. The van der Waals surface area contributed by atoms with Crippen LogP contribution in [0.1, 0.15) is 35.8 Å². The smallest absolute Gasteiger partial charge is 0.352 e. The van der Waals surface area contributed by atoms with Gasteiger partial charge in [0.25, 0.3) is 0 Å². The second-order valence-electron chi connectivity index (χ2n) is 5.24. The summed E-state index contributed by atoms with van der Waals surface area (Å²) >= 11 is 0. The van der Waals surface area contributed by atoms with E-state index in [1.165, 1.54) is 12.8 Å². The number of aromatic carboxylic acids is 1. The average Bonchev–Trinajstić information content (AvgIpc) is 3.20. The Morgan fingerprint density at radius 1 is 1.55 bits per heavy atom. The van der Waals surface area contributed by atoms with Gasteiger partial charge < -0.3 is 15.0 Å². The number of carboxylic acids is 1. The largest absolute Gasteiger partial charge is 0.477 e. The molecule has 5 nitrogen and oxygen atoms in total. The standard InChI is InChI=1S/C15H19N3O2/c1-2-11-13-12(4-3-7-17-13)18(14(11)15(19)20)9-8-16-10-5-6-10/h3-4,7,10,16H,2,5-6,8-9H2,1H3,(H,19,20). The molecule has 1 aliphatic carbocycles. The Labute approximate surface area is 117 Å². The lowest BCUT2D eigenvalue weighted by atomic mass is 10.1. The number of pyridine rings is 1. The van der Waals surface area contributed by atoms with Gasteiger partial charge in [0.15, 0.2) is 0 Å². The highest BCUT2D eigenvalue weighted by Gasteiger charge is 2.23. The van der Waals surface area contributed by atoms with E-state index < -0.39 is 5.97 Å². The highest BCUT2D eigenvalue weighted by atomic mass is 16.4. The van der Waals surface area contributed by atoms with E-state index in [2.05, 4.69) is 10.3 Å². The summed E-state index contributed by atoms with van der Waals surface area (Å²) in [5, 5.41) is 13.0. The van der Waals surface area contributed by atoms with Crippen molar-refractivity contribution in [3.05, 3.63) is 29.6 Å². The molecule has 1 aliphatic rings. The van der Waals surface area contributed by atoms with Crippen LogP contribution in [0.4, 0.5) is 0 Å². The minimum atomic E-state index is -0.869. The highest BCUT2D eigenvalue weighted by molar-refractivity contribution is 5.96. The molecule has 20 heavy (non-hydrogen) atoms. The van der Waals surface area contributed by atoms with E-state index in [4.69, 9.17) is 0 Å². The van der Waals surface area contributed by atoms with E-state index in [0.29, 0.717) is 24.7 Å². The van der Waals surface area contributed by atoms with E-state index in [1.54, 1.807) is 6.20 Å². The summed E-state index contributed by atoms with van der Waals surface area (Å²) in [5.74, 6) is -0.869. The fourth-order valence-corrected chi connectivity index (χ4v) is 2.72. The number of fused-ring (bicyclic) bond motifs is 1. The molecule has 5 heteroatoms. The van der Waals surface area contributed by atoms with Crippen LogP contribution in [0.2, 0.25) is 0 Å². The van der Waals surface area contributed by atoms with Gasteiger partial charge in [-0.25, -0.2) is 4.79 Å². The van der Waals surface area contributed by atoms with E-state index in [9.17, 15) is 9.90 Å². The van der Waals surface area contributed by atoms with Gasteiger partial charge >= 0.3 is 5.97 Å². The number of carbonyl (C=O) groups is 1. The Morgan fingerprint density at radius 2 is 2.35 bits per heavy atom. The highest BCUT2D eigenvalue weighted by Crippen LogP contribution is 2.25. The van der Waals surface area contributed by atoms with Crippen molar-refractivity contribution in [1.29, 1.82) is 0 Å². The number of hydrogen-bond acceptors (Lipinski definition) is 3. The van der Waals surface area contributed by atoms with Crippen LogP contribution in [-0.2, 0) is 13.0 Å². The van der Waals surface area contributed by atoms with Crippen molar-refractivity contribution >= 4 is 17.0 Å². The maximum Gasteiger partial charge on any atom is 0.352 e. The SMILES string of the molecule is CCc1c(C(=O)O)n(CCNC2CC2)c2cccnc12. The molecule has 0 spiro atoms. The molecular weight excluding hydrogens is 254 g/mol. The maximum absolute atomic E-state index is 11.6. The molecule has 0 saturated heterocycles. The summed E-state index contributed by atoms with van der Waals surface area (Å²) in [6, 6.07) is 4.44. The van der Waals surface area contributed by atoms with Crippen LogP contribution >= 0.6 is 0 Å². The topological polar surface area (TPSA) is 67.2 Å².